The Balaban J connectivity index is 0.791. The van der Waals surface area contributed by atoms with E-state index < -0.39 is 458 Å². The third-order valence-electron chi connectivity index (χ3n) is 27.4. The Morgan fingerprint density at radius 3 is 0.662 bits per heavy atom. The highest BCUT2D eigenvalue weighted by molar-refractivity contribution is 5.87. The van der Waals surface area contributed by atoms with Crippen LogP contribution >= 0.6 is 0 Å². The van der Waals surface area contributed by atoms with E-state index >= 15 is 0 Å². The molecule has 62 unspecified atom stereocenters. The lowest BCUT2D eigenvalue weighted by atomic mass is 9.93. The lowest BCUT2D eigenvalue weighted by molar-refractivity contribution is -0.408. The fourth-order valence-electron chi connectivity index (χ4n) is 19.2. The van der Waals surface area contributed by atoms with Gasteiger partial charge >= 0.3 is 0 Å². The maximum atomic E-state index is 14.2. The van der Waals surface area contributed by atoms with Crippen molar-refractivity contribution >= 4 is 5.78 Å². The molecule has 29 heterocycles. The van der Waals surface area contributed by atoms with Crippen molar-refractivity contribution < 1.29 is 297 Å². The van der Waals surface area contributed by atoms with Gasteiger partial charge in [-0.05, 0) is 26.2 Å². The predicted molar refractivity (Wildman–Crippen MR) is 435 cm³/mol. The molecule has 29 aliphatic heterocycles. The minimum atomic E-state index is -2.50. The number of hydrogen-bond donors (Lipinski definition) is 34. The first-order valence-electron chi connectivity index (χ1n) is 46.5. The zero-order valence-corrected chi connectivity index (χ0v) is 76.7. The molecule has 0 aliphatic carbocycles. The summed E-state index contributed by atoms with van der Waals surface area (Å²) in [6.45, 7) is -4.83. The topological polar surface area (TPSA) is 951 Å². The smallest absolute Gasteiger partial charge is 0.207 e. The molecule has 22 bridgehead atoms. The quantitative estimate of drug-likeness (QED) is 0.0388. The van der Waals surface area contributed by atoms with E-state index in [9.17, 15) is 173 Å². The van der Waals surface area contributed by atoms with Gasteiger partial charge in [-0.3, -0.25) is 10.5 Å². The van der Waals surface area contributed by atoms with Gasteiger partial charge in [0.15, 0.2) is 75.4 Å². The number of carbonyl (C=O) groups excluding carboxylic acids is 1. The molecule has 0 aromatic carbocycles. The van der Waals surface area contributed by atoms with Crippen LogP contribution in [0.2, 0.25) is 0 Å². The van der Waals surface area contributed by atoms with Crippen LogP contribution in [-0.2, 0) is 128 Å². The van der Waals surface area contributed by atoms with E-state index in [0.29, 0.717) is 0 Å². The summed E-state index contributed by atoms with van der Waals surface area (Å²) in [5.41, 5.74) is 6.25. The first kappa shape index (κ1) is 116. The molecule has 0 radical (unpaired) electrons. The zero-order valence-electron chi connectivity index (χ0n) is 76.7. The highest BCUT2D eigenvalue weighted by Crippen LogP contribution is 2.43. The molecule has 29 rings (SSSR count). The van der Waals surface area contributed by atoms with Crippen LogP contribution in [0.1, 0.15) is 47.5 Å². The first-order valence-corrected chi connectivity index (χ1v) is 46.5. The summed E-state index contributed by atoms with van der Waals surface area (Å²) >= 11 is 0. The number of fused-ring (bicyclic) bond motifs is 7. The summed E-state index contributed by atoms with van der Waals surface area (Å²) < 4.78 is 141. The minimum absolute atomic E-state index is 0.0896. The van der Waals surface area contributed by atoms with E-state index in [-0.39, 0.29) is 12.8 Å². The van der Waals surface area contributed by atoms with Crippen molar-refractivity contribution in [2.24, 2.45) is 11.7 Å². The Morgan fingerprint density at radius 2 is 0.430 bits per heavy atom. The molecule has 35 N–H and O–H groups in total. The number of hydrogen-bond acceptors (Lipinski definition) is 61. The number of Topliss-reactive ketones (excluding diaryl/α,β-unsaturated/α-hetero) is 1. The Labute approximate surface area is 805 Å². The molecular formula is C81H137NO60. The summed E-state index contributed by atoms with van der Waals surface area (Å²) in [4.78, 5) is 25.6. The van der Waals surface area contributed by atoms with Gasteiger partial charge in [0.25, 0.3) is 0 Å². The number of carbonyl (C=O) groups is 1. The van der Waals surface area contributed by atoms with Crippen molar-refractivity contribution in [3.8, 4) is 0 Å². The zero-order chi connectivity index (χ0) is 104. The maximum absolute atomic E-state index is 14.2. The summed E-state index contributed by atoms with van der Waals surface area (Å²) in [5, 5.41) is 381. The molecule has 62 atom stereocenters. The molecule has 61 heteroatoms. The van der Waals surface area contributed by atoms with Crippen molar-refractivity contribution in [3.05, 3.63) is 0 Å². The summed E-state index contributed by atoms with van der Waals surface area (Å²) in [6.07, 6.45) is -133. The molecule has 29 saturated heterocycles. The fraction of sp³-hybridized carbons (Fsp3) is 0.988. The molecule has 61 nitrogen and oxygen atoms in total. The van der Waals surface area contributed by atoms with Gasteiger partial charge in [-0.15, -0.1) is 0 Å². The molecule has 0 aromatic heterocycles. The van der Waals surface area contributed by atoms with E-state index in [1.165, 1.54) is 20.8 Å². The number of ether oxygens (including phenoxy) is 24. The van der Waals surface area contributed by atoms with Gasteiger partial charge in [0.05, 0.1) is 77.3 Å². The number of aliphatic hydroxyl groups excluding tert-OH is 33. The van der Waals surface area contributed by atoms with Gasteiger partial charge < -0.3 is 282 Å². The second-order valence-electron chi connectivity index (χ2n) is 37.3. The monoisotopic (exact) mass is 2080 g/mol. The van der Waals surface area contributed by atoms with Gasteiger partial charge in [-0.1, -0.05) is 27.2 Å². The third-order valence-corrected chi connectivity index (χ3v) is 27.4. The molecule has 826 valence electrons. The van der Waals surface area contributed by atoms with Crippen molar-refractivity contribution in [2.75, 3.05) is 66.1 Å². The molecule has 0 spiro atoms. The second kappa shape index (κ2) is 50.4. The van der Waals surface area contributed by atoms with Crippen molar-refractivity contribution in [3.63, 3.8) is 0 Å². The Bertz CT molecular complexity index is 3790. The molecular weight excluding hydrogens is 1950 g/mol. The van der Waals surface area contributed by atoms with Crippen LogP contribution in [0.3, 0.4) is 0 Å². The Kier molecular flexibility index (Phi) is 41.3. The van der Waals surface area contributed by atoms with Crippen LogP contribution in [0.4, 0.5) is 0 Å². The Morgan fingerprint density at radius 1 is 0.232 bits per heavy atom. The highest BCUT2D eigenvalue weighted by Gasteiger charge is 2.63. The van der Waals surface area contributed by atoms with E-state index in [1.807, 2.05) is 0 Å². The second-order valence-corrected chi connectivity index (χ2v) is 37.3. The lowest BCUT2D eigenvalue weighted by Gasteiger charge is -2.50. The normalized spacial score (nSPS) is 53.7. The number of aliphatic hydroxyl groups is 33. The van der Waals surface area contributed by atoms with Crippen LogP contribution in [0.5, 0.6) is 0 Å². The van der Waals surface area contributed by atoms with Crippen molar-refractivity contribution in [2.45, 2.75) is 428 Å². The van der Waals surface area contributed by atoms with Gasteiger partial charge in [-0.25, -0.2) is 9.78 Å². The van der Waals surface area contributed by atoms with E-state index in [4.69, 9.17) is 129 Å². The van der Waals surface area contributed by atoms with E-state index in [1.54, 1.807) is 6.92 Å². The lowest BCUT2D eigenvalue weighted by Crippen LogP contribution is -2.68. The van der Waals surface area contributed by atoms with Gasteiger partial charge in [0.2, 0.25) is 5.78 Å². The van der Waals surface area contributed by atoms with Gasteiger partial charge in [-0.2, -0.15) is 0 Å². The molecule has 0 aromatic rings. The van der Waals surface area contributed by atoms with Crippen LogP contribution < -0.4 is 5.73 Å². The van der Waals surface area contributed by atoms with E-state index in [2.05, 4.69) is 0 Å². The van der Waals surface area contributed by atoms with Crippen LogP contribution in [0.25, 0.3) is 0 Å². The standard InChI is InChI=1S/C81H137NO60/c1-6-7-21-33(92)46(105)70(82)132-59-20(5)120-71(47(106)35(59)94)141-68-30(131-81(57(116)45(68)104)140-67-29(15-90)128-78(54(113)42(67)101)138-65-27(13-88)126-76(52(111)40(65)99)136-63-25(11-86)124-74(50(109)39(63)98)134-61-23(9-84)122-72(121-21)48(107)37(61)96)16-117-118-17-31-69-44(103)56(115)80(130-31)133-58(18(2)3)34(93)32(91)19(4)119-60-22(8-83)123-73(49(108)36(60)95)135-62-24(10-85)125-75(51(110)38(62)97)137-64-26(12-87)127-77(53(112)41(64)100)139-66-28(14-89)129-79(142-69)55(114)43(66)102/h18-45,47-81,83-104,106-116H,6-17,82H2,1-5H3. The molecule has 142 heavy (non-hydrogen) atoms. The summed E-state index contributed by atoms with van der Waals surface area (Å²) in [7, 11) is 0. The van der Waals surface area contributed by atoms with Crippen LogP contribution in [0, 0.1) is 5.92 Å². The highest BCUT2D eigenvalue weighted by atomic mass is 17.2. The minimum Gasteiger partial charge on any atom is -0.394 e. The summed E-state index contributed by atoms with van der Waals surface area (Å²) in [5.74, 6) is -2.41. The van der Waals surface area contributed by atoms with Gasteiger partial charge in [0, 0.05) is 0 Å². The summed E-state index contributed by atoms with van der Waals surface area (Å²) in [6, 6.07) is 0. The maximum Gasteiger partial charge on any atom is 0.207 e. The molecule has 29 aliphatic rings. The van der Waals surface area contributed by atoms with Crippen LogP contribution in [-0.4, -0.2) is 621 Å². The van der Waals surface area contributed by atoms with Crippen LogP contribution in [0.15, 0.2) is 0 Å². The largest absolute Gasteiger partial charge is 0.394 e. The SMILES string of the molecule is CCCC1OC2OC(CO)C(OC3OC(CO)C(OC4OC(CO)C(OC5OC(CO)C(OC6OC(COOCC7OC8OC(C(C)C)C(O)C(O)C(C)OC9C(CO)OC(OC%10C(CO)OC(OC%11C(CO)OC(OC%12C(CO)OC(OC7C(O)C8O)C(O)C%12O)C(O)C%11O)C(O)C%10O)C(O)C9O)C(OC7OC(C)C(OC(N)C(=O)C1O)C(O)C7O)C(O)C6O)C(O)C5O)C(O)C4O)C(O)C3O)C(O)C2O. The predicted octanol–water partition coefficient (Wildman–Crippen LogP) is -22.4. The van der Waals surface area contributed by atoms with Gasteiger partial charge in [0.1, 0.15) is 294 Å². The molecule has 0 saturated carbocycles. The first-order chi connectivity index (χ1) is 67.3. The number of rotatable bonds is 16. The van der Waals surface area contributed by atoms with Crippen molar-refractivity contribution in [1.29, 1.82) is 0 Å². The van der Waals surface area contributed by atoms with E-state index in [0.717, 1.165) is 6.92 Å². The average molecular weight is 2080 g/mol. The van der Waals surface area contributed by atoms with Crippen molar-refractivity contribution in [1.82, 2.24) is 0 Å². The molecule has 0 amide bonds. The number of nitrogens with two attached hydrogens (primary N) is 1. The third kappa shape index (κ3) is 24.4. The fourth-order valence-corrected chi connectivity index (χ4v) is 19.2. The Hall–Kier alpha value is -2.73. The molecule has 29 fully saturated rings. The average Bonchev–Trinajstić information content (AvgIpc) is 0.782. The number of ketones is 1.